The van der Waals surface area contributed by atoms with E-state index in [1.807, 2.05) is 20.0 Å². The van der Waals surface area contributed by atoms with Crippen LogP contribution in [0.25, 0.3) is 11.8 Å². The number of ether oxygens (including phenoxy) is 1. The smallest absolute Gasteiger partial charge is 0.276 e. The third-order valence-electron chi connectivity index (χ3n) is 5.96. The number of thiocarbonyl (C=S) groups is 1. The fourth-order valence-electron chi connectivity index (χ4n) is 4.26. The number of carbonyl (C=O) groups excluding carboxylic acids is 1. The molecule has 1 amide bonds. The molecule has 0 spiro atoms. The molecule has 2 aliphatic rings. The maximum Gasteiger partial charge on any atom is 0.276 e. The summed E-state index contributed by atoms with van der Waals surface area (Å²) in [6, 6.07) is 8.58. The van der Waals surface area contributed by atoms with Crippen molar-refractivity contribution >= 4 is 50.9 Å². The highest BCUT2D eigenvalue weighted by molar-refractivity contribution is 9.10. The minimum Gasteiger partial charge on any atom is -0.378 e. The Morgan fingerprint density at radius 3 is 2.52 bits per heavy atom. The van der Waals surface area contributed by atoms with E-state index in [1.165, 1.54) is 5.69 Å². The Morgan fingerprint density at radius 1 is 1.19 bits per heavy atom. The van der Waals surface area contributed by atoms with Crippen LogP contribution in [0.15, 0.2) is 34.4 Å². The van der Waals surface area contributed by atoms with E-state index in [2.05, 4.69) is 63.5 Å². The molecule has 8 heteroatoms. The van der Waals surface area contributed by atoms with Crippen LogP contribution in [0.1, 0.15) is 23.9 Å². The predicted molar refractivity (Wildman–Crippen MR) is 132 cm³/mol. The topological polar surface area (TPSA) is 41.0 Å². The van der Waals surface area contributed by atoms with Crippen molar-refractivity contribution in [1.29, 1.82) is 0 Å². The average molecular weight is 503 g/mol. The van der Waals surface area contributed by atoms with Crippen molar-refractivity contribution in [3.05, 3.63) is 51.4 Å². The van der Waals surface area contributed by atoms with Gasteiger partial charge < -0.3 is 19.1 Å². The second-order valence-electron chi connectivity index (χ2n) is 7.82. The summed E-state index contributed by atoms with van der Waals surface area (Å²) < 4.78 is 8.76. The second kappa shape index (κ2) is 8.76. The number of rotatable bonds is 4. The van der Waals surface area contributed by atoms with Gasteiger partial charge >= 0.3 is 0 Å². The third-order valence-corrected chi connectivity index (χ3v) is 7.09. The van der Waals surface area contributed by atoms with E-state index in [-0.39, 0.29) is 5.91 Å². The molecule has 4 rings (SSSR count). The van der Waals surface area contributed by atoms with Crippen LogP contribution >= 0.6 is 28.1 Å². The maximum absolute atomic E-state index is 12.8. The number of morpholine rings is 1. The molecule has 164 valence electrons. The maximum atomic E-state index is 12.8. The molecule has 2 fully saturated rings. The van der Waals surface area contributed by atoms with Gasteiger partial charge in [0, 0.05) is 48.2 Å². The van der Waals surface area contributed by atoms with Crippen LogP contribution in [0.4, 0.5) is 5.69 Å². The molecule has 0 bridgehead atoms. The molecule has 0 N–H and O–H groups in total. The number of likely N-dealkylation sites (N-methyl/N-ethyl adjacent to an activating group) is 2. The van der Waals surface area contributed by atoms with E-state index < -0.39 is 0 Å². The molecule has 0 radical (unpaired) electrons. The molecule has 2 aliphatic heterocycles. The summed E-state index contributed by atoms with van der Waals surface area (Å²) in [5.74, 6) is -0.0441. The van der Waals surface area contributed by atoms with Gasteiger partial charge in [0.1, 0.15) is 5.70 Å². The minimum atomic E-state index is -0.0441. The highest BCUT2D eigenvalue weighted by atomic mass is 79.9. The van der Waals surface area contributed by atoms with Gasteiger partial charge in [-0.3, -0.25) is 9.69 Å². The predicted octanol–water partition coefficient (Wildman–Crippen LogP) is 4.11. The first-order valence-electron chi connectivity index (χ1n) is 10.5. The van der Waals surface area contributed by atoms with Gasteiger partial charge in [-0.25, -0.2) is 0 Å². The number of halogens is 1. The van der Waals surface area contributed by atoms with Crippen molar-refractivity contribution in [2.75, 3.05) is 44.8 Å². The quantitative estimate of drug-likeness (QED) is 0.464. The van der Waals surface area contributed by atoms with E-state index in [0.717, 1.165) is 53.4 Å². The third kappa shape index (κ3) is 3.92. The molecular formula is C23H27BrN4O2S. The van der Waals surface area contributed by atoms with Crippen LogP contribution in [-0.4, -0.2) is 65.3 Å². The fourth-order valence-corrected chi connectivity index (χ4v) is 5.19. The SMILES string of the molecule is CCN1C(=O)/C(=C/c2cc(C)n(-c3ccc(N4CCOCC4)c(Br)c3)c2C)N(C)C1=S. The van der Waals surface area contributed by atoms with Gasteiger partial charge in [-0.15, -0.1) is 0 Å². The largest absolute Gasteiger partial charge is 0.378 e. The van der Waals surface area contributed by atoms with Gasteiger partial charge in [0.2, 0.25) is 0 Å². The van der Waals surface area contributed by atoms with Crippen LogP contribution < -0.4 is 4.90 Å². The molecule has 3 heterocycles. The van der Waals surface area contributed by atoms with Crippen LogP contribution in [-0.2, 0) is 9.53 Å². The highest BCUT2D eigenvalue weighted by Gasteiger charge is 2.34. The Balaban J connectivity index is 1.68. The lowest BCUT2D eigenvalue weighted by atomic mass is 10.2. The lowest BCUT2D eigenvalue weighted by Gasteiger charge is -2.30. The van der Waals surface area contributed by atoms with E-state index in [0.29, 0.717) is 17.4 Å². The number of hydrogen-bond acceptors (Lipinski definition) is 4. The first-order chi connectivity index (χ1) is 14.8. The van der Waals surface area contributed by atoms with Gasteiger partial charge in [0.25, 0.3) is 5.91 Å². The van der Waals surface area contributed by atoms with Gasteiger partial charge in [-0.05, 0) is 84.8 Å². The van der Waals surface area contributed by atoms with Crippen molar-refractivity contribution in [2.24, 2.45) is 0 Å². The summed E-state index contributed by atoms with van der Waals surface area (Å²) in [6.07, 6.45) is 1.94. The van der Waals surface area contributed by atoms with Crippen LogP contribution in [0, 0.1) is 13.8 Å². The molecule has 6 nitrogen and oxygen atoms in total. The molecule has 0 aliphatic carbocycles. The number of hydrogen-bond donors (Lipinski definition) is 0. The normalized spacial score (nSPS) is 18.6. The summed E-state index contributed by atoms with van der Waals surface area (Å²) in [5, 5.41) is 0.551. The summed E-state index contributed by atoms with van der Waals surface area (Å²) in [4.78, 5) is 18.5. The van der Waals surface area contributed by atoms with Crippen molar-refractivity contribution in [1.82, 2.24) is 14.4 Å². The lowest BCUT2D eigenvalue weighted by molar-refractivity contribution is -0.122. The Morgan fingerprint density at radius 2 is 1.90 bits per heavy atom. The molecule has 1 aromatic heterocycles. The van der Waals surface area contributed by atoms with Crippen molar-refractivity contribution in [2.45, 2.75) is 20.8 Å². The monoisotopic (exact) mass is 502 g/mol. The van der Waals surface area contributed by atoms with Crippen LogP contribution in [0.5, 0.6) is 0 Å². The number of nitrogens with zero attached hydrogens (tertiary/aromatic N) is 4. The fraction of sp³-hybridized carbons (Fsp3) is 0.391. The van der Waals surface area contributed by atoms with E-state index >= 15 is 0 Å². The Bertz CT molecular complexity index is 1070. The number of carbonyl (C=O) groups is 1. The van der Waals surface area contributed by atoms with E-state index in [1.54, 1.807) is 9.80 Å². The molecule has 2 aromatic rings. The number of aryl methyl sites for hydroxylation is 1. The molecule has 0 atom stereocenters. The van der Waals surface area contributed by atoms with Gasteiger partial charge in [-0.2, -0.15) is 0 Å². The van der Waals surface area contributed by atoms with Crippen molar-refractivity contribution in [3.8, 4) is 5.69 Å². The van der Waals surface area contributed by atoms with Crippen LogP contribution in [0.2, 0.25) is 0 Å². The van der Waals surface area contributed by atoms with Gasteiger partial charge in [0.05, 0.1) is 18.9 Å². The van der Waals surface area contributed by atoms with E-state index in [4.69, 9.17) is 17.0 Å². The van der Waals surface area contributed by atoms with Crippen molar-refractivity contribution in [3.63, 3.8) is 0 Å². The number of anilines is 1. The summed E-state index contributed by atoms with van der Waals surface area (Å²) in [7, 11) is 1.85. The summed E-state index contributed by atoms with van der Waals surface area (Å²) in [6.45, 7) is 9.99. The van der Waals surface area contributed by atoms with Crippen LogP contribution in [0.3, 0.4) is 0 Å². The Kier molecular flexibility index (Phi) is 6.23. The zero-order valence-corrected chi connectivity index (χ0v) is 20.7. The van der Waals surface area contributed by atoms with Crippen molar-refractivity contribution < 1.29 is 9.53 Å². The van der Waals surface area contributed by atoms with Gasteiger partial charge in [-0.1, -0.05) is 0 Å². The minimum absolute atomic E-state index is 0.0441. The molecule has 0 saturated carbocycles. The van der Waals surface area contributed by atoms with E-state index in [9.17, 15) is 4.79 Å². The molecular weight excluding hydrogens is 476 g/mol. The lowest BCUT2D eigenvalue weighted by Crippen LogP contribution is -2.36. The first kappa shape index (κ1) is 22.0. The first-order valence-corrected chi connectivity index (χ1v) is 11.7. The summed E-state index contributed by atoms with van der Waals surface area (Å²) >= 11 is 9.19. The zero-order valence-electron chi connectivity index (χ0n) is 18.3. The number of amides is 1. The van der Waals surface area contributed by atoms with Gasteiger partial charge in [0.15, 0.2) is 5.11 Å². The molecule has 2 saturated heterocycles. The molecule has 31 heavy (non-hydrogen) atoms. The Hall–Kier alpha value is -2.16. The zero-order chi connectivity index (χ0) is 22.3. The second-order valence-corrected chi connectivity index (χ2v) is 9.04. The molecule has 0 unspecified atom stereocenters. The average Bonchev–Trinajstić information content (AvgIpc) is 3.15. The summed E-state index contributed by atoms with van der Waals surface area (Å²) in [5.41, 5.74) is 6.08. The standard InChI is InChI=1S/C23H27BrN4O2S/c1-5-27-22(29)21(25(4)23(27)31)13-17-12-15(2)28(16(17)3)18-6-7-20(19(24)14-18)26-8-10-30-11-9-26/h6-7,12-14H,5,8-11H2,1-4H3/b21-13-. The number of aromatic nitrogens is 1. The number of benzene rings is 1. The highest BCUT2D eigenvalue weighted by Crippen LogP contribution is 2.32. The Labute approximate surface area is 197 Å². The molecule has 1 aromatic carbocycles.